The van der Waals surface area contributed by atoms with Crippen molar-refractivity contribution in [3.63, 3.8) is 0 Å². The summed E-state index contributed by atoms with van der Waals surface area (Å²) in [5, 5.41) is 5.69. The maximum atomic E-state index is 13.2. The number of fused-ring (bicyclic) bond motifs is 2. The summed E-state index contributed by atoms with van der Waals surface area (Å²) in [6.45, 7) is 0.182. The highest BCUT2D eigenvalue weighted by molar-refractivity contribution is 6.08. The van der Waals surface area contributed by atoms with Crippen molar-refractivity contribution >= 4 is 28.8 Å². The Bertz CT molecular complexity index is 1520. The number of imide groups is 1. The molecule has 5 heterocycles. The number of methoxy groups -OCH3 is 1. The summed E-state index contributed by atoms with van der Waals surface area (Å²) in [6, 6.07) is 11.8. The molecular weight excluding hydrogens is 450 g/mol. The van der Waals surface area contributed by atoms with E-state index in [9.17, 15) is 14.4 Å². The lowest BCUT2D eigenvalue weighted by atomic mass is 9.95. The zero-order valence-electron chi connectivity index (χ0n) is 18.6. The lowest BCUT2D eigenvalue weighted by Crippen LogP contribution is -2.52. The number of pyridine rings is 2. The van der Waals surface area contributed by atoms with Crippen molar-refractivity contribution < 1.29 is 23.5 Å². The van der Waals surface area contributed by atoms with Gasteiger partial charge in [-0.1, -0.05) is 6.07 Å². The molecule has 4 aromatic rings. The number of furan rings is 1. The van der Waals surface area contributed by atoms with Gasteiger partial charge in [-0.15, -0.1) is 0 Å². The van der Waals surface area contributed by atoms with E-state index in [0.717, 1.165) is 11.1 Å². The van der Waals surface area contributed by atoms with E-state index in [-0.39, 0.29) is 24.8 Å². The number of carbonyl (C=O) groups excluding carboxylic acids is 3. The molecule has 35 heavy (non-hydrogen) atoms. The average Bonchev–Trinajstić information content (AvgIpc) is 3.53. The fourth-order valence-corrected chi connectivity index (χ4v) is 4.57. The lowest BCUT2D eigenvalue weighted by molar-refractivity contribution is -0.125. The molecule has 10 nitrogen and oxygen atoms in total. The fourth-order valence-electron chi connectivity index (χ4n) is 4.57. The fraction of sp³-hybridized carbons (Fsp3) is 0.160. The normalized spacial score (nSPS) is 19.1. The van der Waals surface area contributed by atoms with E-state index in [4.69, 9.17) is 9.15 Å². The number of nitrogens with one attached hydrogen (secondary N) is 2. The zero-order valence-corrected chi connectivity index (χ0v) is 18.6. The maximum Gasteiger partial charge on any atom is 0.322 e. The van der Waals surface area contributed by atoms with Crippen molar-refractivity contribution in [3.05, 3.63) is 77.9 Å². The summed E-state index contributed by atoms with van der Waals surface area (Å²) >= 11 is 0. The monoisotopic (exact) mass is 469 g/mol. The Morgan fingerprint density at radius 3 is 2.69 bits per heavy atom. The van der Waals surface area contributed by atoms with Crippen molar-refractivity contribution in [2.24, 2.45) is 0 Å². The Morgan fingerprint density at radius 2 is 1.94 bits per heavy atom. The molecule has 0 spiro atoms. The number of benzene rings is 1. The molecule has 0 bridgehead atoms. The molecule has 3 aromatic heterocycles. The van der Waals surface area contributed by atoms with Crippen molar-refractivity contribution in [2.75, 3.05) is 13.7 Å². The van der Waals surface area contributed by atoms with Gasteiger partial charge in [-0.25, -0.2) is 4.79 Å². The highest BCUT2D eigenvalue weighted by atomic mass is 16.5. The molecule has 1 aromatic carbocycles. The molecule has 2 aliphatic rings. The topological polar surface area (TPSA) is 127 Å². The van der Waals surface area contributed by atoms with Gasteiger partial charge in [0, 0.05) is 35.5 Å². The Balaban J connectivity index is 1.38. The number of ether oxygens (including phenoxy) is 1. The minimum absolute atomic E-state index is 0.106. The summed E-state index contributed by atoms with van der Waals surface area (Å²) in [5.41, 5.74) is 1.76. The second-order valence-corrected chi connectivity index (χ2v) is 8.45. The SMILES string of the molecule is COc1ccc2c(c1)C(=O)N(C[C@@]1(c3cc4cc(-c5ccncc5)ncc4o3)NC(=O)NC1=O)C2. The van der Waals surface area contributed by atoms with E-state index in [0.29, 0.717) is 28.0 Å². The molecule has 174 valence electrons. The molecule has 0 radical (unpaired) electrons. The highest BCUT2D eigenvalue weighted by Gasteiger charge is 2.53. The zero-order chi connectivity index (χ0) is 24.2. The molecule has 1 saturated heterocycles. The van der Waals surface area contributed by atoms with Gasteiger partial charge < -0.3 is 19.4 Å². The molecule has 6 rings (SSSR count). The minimum Gasteiger partial charge on any atom is -0.497 e. The Kier molecular flexibility index (Phi) is 4.56. The van der Waals surface area contributed by atoms with Gasteiger partial charge in [0.25, 0.3) is 11.8 Å². The van der Waals surface area contributed by atoms with Gasteiger partial charge in [-0.2, -0.15) is 0 Å². The minimum atomic E-state index is -1.59. The Hall–Kier alpha value is -4.73. The van der Waals surface area contributed by atoms with Crippen LogP contribution >= 0.6 is 0 Å². The summed E-state index contributed by atoms with van der Waals surface area (Å²) in [4.78, 5) is 48.5. The third kappa shape index (κ3) is 3.30. The van der Waals surface area contributed by atoms with Crippen molar-refractivity contribution in [1.82, 2.24) is 25.5 Å². The molecule has 1 atom stereocenters. The van der Waals surface area contributed by atoms with E-state index < -0.39 is 17.5 Å². The Labute approximate surface area is 198 Å². The standard InChI is InChI=1S/C25H19N5O5/c1-34-17-3-2-15-12-30(22(31)18(15)10-17)13-25(23(32)28-24(33)29-25)21-9-16-8-19(27-11-20(16)35-21)14-4-6-26-7-5-14/h2-11H,12-13H2,1H3,(H2,28,29,32,33)/t25-/m0/s1. The number of amides is 4. The quantitative estimate of drug-likeness (QED) is 0.430. The summed E-state index contributed by atoms with van der Waals surface area (Å²) < 4.78 is 11.3. The van der Waals surface area contributed by atoms with Crippen LogP contribution in [-0.2, 0) is 16.9 Å². The molecule has 10 heteroatoms. The van der Waals surface area contributed by atoms with Crippen LogP contribution in [0, 0.1) is 0 Å². The van der Waals surface area contributed by atoms with Crippen LogP contribution in [0.4, 0.5) is 4.79 Å². The number of aromatic nitrogens is 2. The molecule has 0 saturated carbocycles. The molecular formula is C25H19N5O5. The highest BCUT2D eigenvalue weighted by Crippen LogP contribution is 2.35. The first-order valence-electron chi connectivity index (χ1n) is 10.9. The lowest BCUT2D eigenvalue weighted by Gasteiger charge is -2.29. The third-order valence-electron chi connectivity index (χ3n) is 6.37. The summed E-state index contributed by atoms with van der Waals surface area (Å²) in [7, 11) is 1.53. The number of hydrogen-bond donors (Lipinski definition) is 2. The van der Waals surface area contributed by atoms with Crippen LogP contribution in [0.15, 0.2) is 65.5 Å². The average molecular weight is 469 g/mol. The van der Waals surface area contributed by atoms with E-state index in [1.165, 1.54) is 12.0 Å². The van der Waals surface area contributed by atoms with Crippen LogP contribution in [0.2, 0.25) is 0 Å². The first-order chi connectivity index (χ1) is 17.0. The van der Waals surface area contributed by atoms with Crippen LogP contribution in [0.25, 0.3) is 22.2 Å². The molecule has 0 unspecified atom stereocenters. The van der Waals surface area contributed by atoms with E-state index in [2.05, 4.69) is 20.6 Å². The number of urea groups is 1. The van der Waals surface area contributed by atoms with Gasteiger partial charge in [-0.05, 0) is 42.0 Å². The van der Waals surface area contributed by atoms with Crippen molar-refractivity contribution in [3.8, 4) is 17.0 Å². The summed E-state index contributed by atoms with van der Waals surface area (Å²) in [5.74, 6) is -0.0728. The number of nitrogens with zero attached hydrogens (tertiary/aromatic N) is 3. The number of hydrogen-bond acceptors (Lipinski definition) is 7. The van der Waals surface area contributed by atoms with E-state index in [1.54, 1.807) is 36.8 Å². The second kappa shape index (κ2) is 7.66. The van der Waals surface area contributed by atoms with Crippen LogP contribution in [-0.4, -0.2) is 46.4 Å². The van der Waals surface area contributed by atoms with Crippen LogP contribution in [0.1, 0.15) is 21.7 Å². The van der Waals surface area contributed by atoms with Crippen LogP contribution < -0.4 is 15.4 Å². The molecule has 4 amide bonds. The van der Waals surface area contributed by atoms with Gasteiger partial charge >= 0.3 is 6.03 Å². The van der Waals surface area contributed by atoms with Crippen LogP contribution in [0.5, 0.6) is 5.75 Å². The van der Waals surface area contributed by atoms with Gasteiger partial charge in [0.05, 0.1) is 25.5 Å². The smallest absolute Gasteiger partial charge is 0.322 e. The third-order valence-corrected chi connectivity index (χ3v) is 6.37. The first kappa shape index (κ1) is 20.8. The maximum absolute atomic E-state index is 13.2. The van der Waals surface area contributed by atoms with E-state index >= 15 is 0 Å². The predicted octanol–water partition coefficient (Wildman–Crippen LogP) is 2.59. The molecule has 2 aliphatic heterocycles. The van der Waals surface area contributed by atoms with Gasteiger partial charge in [0.1, 0.15) is 11.5 Å². The van der Waals surface area contributed by atoms with Gasteiger partial charge in [-0.3, -0.25) is 24.9 Å². The van der Waals surface area contributed by atoms with Crippen molar-refractivity contribution in [1.29, 1.82) is 0 Å². The van der Waals surface area contributed by atoms with Crippen molar-refractivity contribution in [2.45, 2.75) is 12.1 Å². The molecule has 2 N–H and O–H groups in total. The molecule has 1 fully saturated rings. The Morgan fingerprint density at radius 1 is 1.11 bits per heavy atom. The van der Waals surface area contributed by atoms with E-state index in [1.807, 2.05) is 24.3 Å². The second-order valence-electron chi connectivity index (χ2n) is 8.45. The van der Waals surface area contributed by atoms with Gasteiger partial charge in [0.2, 0.25) is 0 Å². The predicted molar refractivity (Wildman–Crippen MR) is 123 cm³/mol. The number of rotatable bonds is 5. The largest absolute Gasteiger partial charge is 0.497 e. The first-order valence-corrected chi connectivity index (χ1v) is 10.9. The van der Waals surface area contributed by atoms with Gasteiger partial charge in [0.15, 0.2) is 11.1 Å². The van der Waals surface area contributed by atoms with Crippen LogP contribution in [0.3, 0.4) is 0 Å². The molecule has 0 aliphatic carbocycles. The summed E-state index contributed by atoms with van der Waals surface area (Å²) in [6.07, 6.45) is 4.92. The number of carbonyl (C=O) groups is 3.